The summed E-state index contributed by atoms with van der Waals surface area (Å²) in [6, 6.07) is 21.9. The normalized spacial score (nSPS) is 11.8. The molecule has 0 spiro atoms. The minimum Gasteiger partial charge on any atom is -0.449 e. The molecule has 4 aromatic carbocycles. The molecular formula is C31H21F3O5. The standard InChI is InChI=1S/C31H21F3O5/c1-18-10-11-19(2)25(16-18)38-29-28(36)24-14-13-22(17-26(24)39-30(29)31(32,33)34)37-27(35)15-12-21-8-5-7-20-6-3-4-9-23(20)21/h3-17H,1-2H3. The zero-order valence-corrected chi connectivity index (χ0v) is 20.8. The zero-order chi connectivity index (χ0) is 27.7. The van der Waals surface area contributed by atoms with E-state index in [9.17, 15) is 22.8 Å². The molecule has 0 amide bonds. The Hall–Kier alpha value is -4.85. The minimum atomic E-state index is -5.02. The highest BCUT2D eigenvalue weighted by Gasteiger charge is 2.40. The molecule has 8 heteroatoms. The summed E-state index contributed by atoms with van der Waals surface area (Å²) in [5.74, 6) is -3.28. The van der Waals surface area contributed by atoms with Crippen LogP contribution < -0.4 is 14.9 Å². The van der Waals surface area contributed by atoms with E-state index in [1.807, 2.05) is 42.5 Å². The number of hydrogen-bond acceptors (Lipinski definition) is 5. The van der Waals surface area contributed by atoms with Crippen molar-refractivity contribution >= 4 is 33.8 Å². The maximum absolute atomic E-state index is 13.9. The van der Waals surface area contributed by atoms with E-state index in [1.165, 1.54) is 24.3 Å². The molecule has 0 unspecified atom stereocenters. The van der Waals surface area contributed by atoms with E-state index >= 15 is 0 Å². The Bertz CT molecular complexity index is 1810. The average molecular weight is 530 g/mol. The predicted octanol–water partition coefficient (Wildman–Crippen LogP) is 7.99. The maximum Gasteiger partial charge on any atom is 0.453 e. The number of esters is 1. The molecule has 0 aliphatic heterocycles. The molecule has 5 rings (SSSR count). The third kappa shape index (κ3) is 5.40. The highest BCUT2D eigenvalue weighted by Crippen LogP contribution is 2.39. The van der Waals surface area contributed by atoms with Gasteiger partial charge in [-0.05, 0) is 65.6 Å². The van der Waals surface area contributed by atoms with Crippen molar-refractivity contribution in [3.8, 4) is 17.2 Å². The first-order valence-electron chi connectivity index (χ1n) is 11.9. The molecule has 0 bridgehead atoms. The number of aryl methyl sites for hydroxylation is 2. The van der Waals surface area contributed by atoms with Crippen LogP contribution in [0, 0.1) is 13.8 Å². The second-order valence-electron chi connectivity index (χ2n) is 8.94. The van der Waals surface area contributed by atoms with E-state index in [0.29, 0.717) is 5.56 Å². The minimum absolute atomic E-state index is 0.0884. The van der Waals surface area contributed by atoms with Crippen LogP contribution in [-0.2, 0) is 11.0 Å². The first-order chi connectivity index (χ1) is 18.6. The molecule has 0 aliphatic rings. The highest BCUT2D eigenvalue weighted by atomic mass is 19.4. The Morgan fingerprint density at radius 1 is 0.897 bits per heavy atom. The van der Waals surface area contributed by atoms with E-state index in [2.05, 4.69) is 0 Å². The van der Waals surface area contributed by atoms with Crippen LogP contribution in [0.25, 0.3) is 27.8 Å². The van der Waals surface area contributed by atoms with Crippen LogP contribution in [0.5, 0.6) is 17.2 Å². The first kappa shape index (κ1) is 25.8. The summed E-state index contributed by atoms with van der Waals surface area (Å²) < 4.78 is 57.6. The lowest BCUT2D eigenvalue weighted by molar-refractivity contribution is -0.154. The van der Waals surface area contributed by atoms with Gasteiger partial charge in [-0.3, -0.25) is 4.79 Å². The summed E-state index contributed by atoms with van der Waals surface area (Å²) in [6.45, 7) is 3.40. The van der Waals surface area contributed by atoms with Gasteiger partial charge in [0.1, 0.15) is 17.1 Å². The predicted molar refractivity (Wildman–Crippen MR) is 142 cm³/mol. The van der Waals surface area contributed by atoms with Crippen molar-refractivity contribution in [3.63, 3.8) is 0 Å². The third-order valence-corrected chi connectivity index (χ3v) is 6.08. The fourth-order valence-electron chi connectivity index (χ4n) is 4.13. The van der Waals surface area contributed by atoms with Crippen molar-refractivity contribution in [3.05, 3.63) is 118 Å². The molecule has 39 heavy (non-hydrogen) atoms. The number of carbonyl (C=O) groups is 1. The summed E-state index contributed by atoms with van der Waals surface area (Å²) >= 11 is 0. The molecule has 0 radical (unpaired) electrons. The molecular weight excluding hydrogens is 509 g/mol. The number of alkyl halides is 3. The zero-order valence-electron chi connectivity index (χ0n) is 20.8. The van der Waals surface area contributed by atoms with Gasteiger partial charge in [0.05, 0.1) is 5.39 Å². The van der Waals surface area contributed by atoms with E-state index in [0.717, 1.165) is 28.0 Å². The van der Waals surface area contributed by atoms with Crippen LogP contribution in [0.2, 0.25) is 0 Å². The summed E-state index contributed by atoms with van der Waals surface area (Å²) in [6.07, 6.45) is -2.22. The van der Waals surface area contributed by atoms with Crippen LogP contribution in [0.3, 0.4) is 0 Å². The number of ether oxygens (including phenoxy) is 2. The van der Waals surface area contributed by atoms with Crippen molar-refractivity contribution in [2.24, 2.45) is 0 Å². The number of rotatable bonds is 5. The molecule has 0 saturated carbocycles. The smallest absolute Gasteiger partial charge is 0.449 e. The summed E-state index contributed by atoms with van der Waals surface area (Å²) in [5, 5.41) is 1.78. The van der Waals surface area contributed by atoms with Gasteiger partial charge in [0, 0.05) is 12.1 Å². The summed E-state index contributed by atoms with van der Waals surface area (Å²) in [7, 11) is 0. The molecule has 0 atom stereocenters. The van der Waals surface area contributed by atoms with Crippen molar-refractivity contribution in [2.45, 2.75) is 20.0 Å². The van der Waals surface area contributed by atoms with Gasteiger partial charge in [-0.1, -0.05) is 54.6 Å². The van der Waals surface area contributed by atoms with Gasteiger partial charge >= 0.3 is 12.1 Å². The molecule has 1 aromatic heterocycles. The lowest BCUT2D eigenvalue weighted by Crippen LogP contribution is -2.16. The number of fused-ring (bicyclic) bond motifs is 2. The molecule has 0 N–H and O–H groups in total. The van der Waals surface area contributed by atoms with Crippen LogP contribution in [-0.4, -0.2) is 5.97 Å². The van der Waals surface area contributed by atoms with E-state index < -0.39 is 34.7 Å². The maximum atomic E-state index is 13.9. The van der Waals surface area contributed by atoms with Gasteiger partial charge in [-0.2, -0.15) is 13.2 Å². The Labute approximate surface area is 220 Å². The van der Waals surface area contributed by atoms with E-state index in [1.54, 1.807) is 32.1 Å². The fourth-order valence-corrected chi connectivity index (χ4v) is 4.13. The number of hydrogen-bond donors (Lipinski definition) is 0. The van der Waals surface area contributed by atoms with E-state index in [-0.39, 0.29) is 16.9 Å². The average Bonchev–Trinajstić information content (AvgIpc) is 2.90. The third-order valence-electron chi connectivity index (χ3n) is 6.08. The molecule has 0 aliphatic carbocycles. The van der Waals surface area contributed by atoms with Crippen LogP contribution in [0.15, 0.2) is 94.2 Å². The lowest BCUT2D eigenvalue weighted by Gasteiger charge is -2.15. The lowest BCUT2D eigenvalue weighted by atomic mass is 10.0. The highest BCUT2D eigenvalue weighted by molar-refractivity contribution is 5.95. The monoisotopic (exact) mass is 530 g/mol. The Balaban J connectivity index is 1.47. The van der Waals surface area contributed by atoms with Gasteiger partial charge in [-0.25, -0.2) is 4.79 Å². The van der Waals surface area contributed by atoms with Crippen LogP contribution in [0.4, 0.5) is 13.2 Å². The Morgan fingerprint density at radius 3 is 2.46 bits per heavy atom. The molecule has 5 nitrogen and oxygen atoms in total. The molecule has 5 aromatic rings. The molecule has 1 heterocycles. The second kappa shape index (κ2) is 10.1. The first-order valence-corrected chi connectivity index (χ1v) is 11.9. The molecule has 0 saturated heterocycles. The van der Waals surface area contributed by atoms with Crippen molar-refractivity contribution in [2.75, 3.05) is 0 Å². The Morgan fingerprint density at radius 2 is 1.67 bits per heavy atom. The molecule has 196 valence electrons. The van der Waals surface area contributed by atoms with Crippen molar-refractivity contribution in [1.82, 2.24) is 0 Å². The summed E-state index contributed by atoms with van der Waals surface area (Å²) in [5.41, 5.74) is 0.685. The van der Waals surface area contributed by atoms with Crippen molar-refractivity contribution < 1.29 is 31.9 Å². The van der Waals surface area contributed by atoms with Gasteiger partial charge in [-0.15, -0.1) is 0 Å². The Kier molecular flexibility index (Phi) is 6.70. The van der Waals surface area contributed by atoms with Gasteiger partial charge in [0.15, 0.2) is 0 Å². The SMILES string of the molecule is Cc1ccc(C)c(Oc2c(C(F)(F)F)oc3cc(OC(=O)C=Cc4cccc5ccccc45)ccc3c2=O)c1. The topological polar surface area (TPSA) is 65.7 Å². The molecule has 0 fully saturated rings. The number of benzene rings is 4. The number of halogens is 3. The van der Waals surface area contributed by atoms with E-state index in [4.69, 9.17) is 13.9 Å². The van der Waals surface area contributed by atoms with Crippen LogP contribution >= 0.6 is 0 Å². The largest absolute Gasteiger partial charge is 0.453 e. The van der Waals surface area contributed by atoms with Crippen molar-refractivity contribution in [1.29, 1.82) is 0 Å². The van der Waals surface area contributed by atoms with Gasteiger partial charge in [0.2, 0.25) is 11.2 Å². The van der Waals surface area contributed by atoms with Crippen LogP contribution in [0.1, 0.15) is 22.5 Å². The fraction of sp³-hybridized carbons (Fsp3) is 0.0968. The number of carbonyl (C=O) groups excluding carboxylic acids is 1. The second-order valence-corrected chi connectivity index (χ2v) is 8.94. The van der Waals surface area contributed by atoms with Gasteiger partial charge < -0.3 is 13.9 Å². The summed E-state index contributed by atoms with van der Waals surface area (Å²) in [4.78, 5) is 25.6. The van der Waals surface area contributed by atoms with Gasteiger partial charge in [0.25, 0.3) is 5.76 Å². The quantitative estimate of drug-likeness (QED) is 0.131.